The number of anilines is 2. The van der Waals surface area contributed by atoms with Crippen LogP contribution >= 0.6 is 0 Å². The Balaban J connectivity index is 1.02. The van der Waals surface area contributed by atoms with Crippen molar-refractivity contribution in [2.24, 2.45) is 0 Å². The Bertz CT molecular complexity index is 3660. The van der Waals surface area contributed by atoms with Crippen LogP contribution < -0.4 is 4.90 Å². The maximum absolute atomic E-state index is 5.52. The van der Waals surface area contributed by atoms with E-state index < -0.39 is 0 Å². The normalized spacial score (nSPS) is 15.6. The van der Waals surface area contributed by atoms with Gasteiger partial charge in [0, 0.05) is 38.7 Å². The Morgan fingerprint density at radius 1 is 0.419 bits per heavy atom. The van der Waals surface area contributed by atoms with Crippen molar-refractivity contribution in [3.8, 4) is 39.5 Å². The number of rotatable bonds is 5. The van der Waals surface area contributed by atoms with E-state index in [2.05, 4.69) is 228 Å². The quantitative estimate of drug-likeness (QED) is 0.174. The molecule has 62 heavy (non-hydrogen) atoms. The van der Waals surface area contributed by atoms with E-state index in [9.17, 15) is 0 Å². The maximum Gasteiger partial charge on any atom is 0.235 e. The van der Waals surface area contributed by atoms with Crippen LogP contribution in [0.4, 0.5) is 11.4 Å². The summed E-state index contributed by atoms with van der Waals surface area (Å²) < 4.78 is 2.27. The van der Waals surface area contributed by atoms with Gasteiger partial charge in [-0.2, -0.15) is 0 Å². The van der Waals surface area contributed by atoms with Crippen LogP contribution in [-0.4, -0.2) is 20.6 Å². The molecule has 13 rings (SSSR count). The molecule has 9 aromatic carbocycles. The molecule has 2 aliphatic rings. The molecule has 1 unspecified atom stereocenters. The largest absolute Gasteiger partial charge is 0.333 e. The number of allylic oxidation sites excluding steroid dienone is 2. The Kier molecular flexibility index (Phi) is 7.70. The fourth-order valence-electron chi connectivity index (χ4n) is 10.3. The second kappa shape index (κ2) is 13.7. The zero-order valence-corrected chi connectivity index (χ0v) is 33.7. The lowest BCUT2D eigenvalue weighted by Crippen LogP contribution is -2.28. The van der Waals surface area contributed by atoms with Gasteiger partial charge in [0.15, 0.2) is 0 Å². The van der Waals surface area contributed by atoms with Crippen LogP contribution in [0.1, 0.15) is 11.5 Å². The van der Waals surface area contributed by atoms with Gasteiger partial charge < -0.3 is 4.90 Å². The summed E-state index contributed by atoms with van der Waals surface area (Å²) in [6.45, 7) is 0. The van der Waals surface area contributed by atoms with E-state index in [-0.39, 0.29) is 12.0 Å². The third-order valence-corrected chi connectivity index (χ3v) is 13.1. The standard InChI is InChI=1S/C58H38N4/c1-3-15-37(16-4-1)39-29-27-38-28-30-41(34-42(38)33-39)56-49-23-9-12-24-52(49)59-58(60-56)62-54-26-14-10-20-45(54)47-32-31-40(35-55(47)62)50-36-51-46-21-11-13-25-53(46)61(43-17-5-2-6-18-43)57(51)48-22-8-7-19-44(48)50/h1-36,46,53H/t46-,53?/m0/s1. The molecule has 290 valence electrons. The van der Waals surface area contributed by atoms with Gasteiger partial charge in [0.1, 0.15) is 0 Å². The van der Waals surface area contributed by atoms with Crippen LogP contribution in [-0.2, 0) is 0 Å². The van der Waals surface area contributed by atoms with Crippen molar-refractivity contribution in [2.45, 2.75) is 12.0 Å². The Morgan fingerprint density at radius 3 is 1.94 bits per heavy atom. The predicted octanol–water partition coefficient (Wildman–Crippen LogP) is 14.8. The number of nitrogens with zero attached hydrogens (tertiary/aromatic N) is 4. The highest BCUT2D eigenvalue weighted by molar-refractivity contribution is 6.13. The fraction of sp³-hybridized carbons (Fsp3) is 0.0345. The molecule has 4 heteroatoms. The molecule has 0 amide bonds. The van der Waals surface area contributed by atoms with Gasteiger partial charge in [-0.1, -0.05) is 170 Å². The molecule has 0 bridgehead atoms. The van der Waals surface area contributed by atoms with Crippen LogP contribution in [0.25, 0.3) is 93.7 Å². The first kappa shape index (κ1) is 34.8. The minimum Gasteiger partial charge on any atom is -0.333 e. The van der Waals surface area contributed by atoms with Crippen LogP contribution in [0, 0.1) is 0 Å². The van der Waals surface area contributed by atoms with E-state index in [1.165, 1.54) is 65.9 Å². The van der Waals surface area contributed by atoms with Gasteiger partial charge in [-0.05, 0) is 92.5 Å². The number of para-hydroxylation sites is 3. The molecule has 0 N–H and O–H groups in total. The van der Waals surface area contributed by atoms with E-state index >= 15 is 0 Å². The monoisotopic (exact) mass is 790 g/mol. The van der Waals surface area contributed by atoms with Gasteiger partial charge in [0.05, 0.1) is 34.0 Å². The summed E-state index contributed by atoms with van der Waals surface area (Å²) >= 11 is 0. The molecule has 0 fully saturated rings. The first-order valence-electron chi connectivity index (χ1n) is 21.4. The van der Waals surface area contributed by atoms with E-state index in [4.69, 9.17) is 9.97 Å². The van der Waals surface area contributed by atoms with E-state index in [1.807, 2.05) is 0 Å². The Hall–Kier alpha value is -8.08. The van der Waals surface area contributed by atoms with Crippen LogP contribution in [0.15, 0.2) is 218 Å². The molecule has 2 aromatic heterocycles. The molecule has 2 atom stereocenters. The smallest absolute Gasteiger partial charge is 0.235 e. The third kappa shape index (κ3) is 5.33. The highest BCUT2D eigenvalue weighted by Crippen LogP contribution is 2.53. The number of hydrogen-bond acceptors (Lipinski definition) is 3. The minimum absolute atomic E-state index is 0.203. The van der Waals surface area contributed by atoms with Crippen molar-refractivity contribution in [1.29, 1.82) is 0 Å². The lowest BCUT2D eigenvalue weighted by atomic mass is 9.87. The molecular weight excluding hydrogens is 753 g/mol. The van der Waals surface area contributed by atoms with Crippen molar-refractivity contribution < 1.29 is 0 Å². The highest BCUT2D eigenvalue weighted by atomic mass is 15.2. The number of hydrogen-bond donors (Lipinski definition) is 0. The van der Waals surface area contributed by atoms with Crippen molar-refractivity contribution >= 4 is 65.6 Å². The molecule has 0 saturated carbocycles. The molecule has 0 radical (unpaired) electrons. The summed E-state index contributed by atoms with van der Waals surface area (Å²) in [4.78, 5) is 13.4. The lowest BCUT2D eigenvalue weighted by Gasteiger charge is -2.29. The van der Waals surface area contributed by atoms with Crippen molar-refractivity contribution in [2.75, 3.05) is 4.90 Å². The molecule has 0 saturated heterocycles. The van der Waals surface area contributed by atoms with Gasteiger partial charge >= 0.3 is 0 Å². The summed E-state index contributed by atoms with van der Waals surface area (Å²) in [5.41, 5.74) is 13.7. The van der Waals surface area contributed by atoms with Crippen LogP contribution in [0.2, 0.25) is 0 Å². The van der Waals surface area contributed by atoms with Crippen molar-refractivity contribution in [1.82, 2.24) is 14.5 Å². The first-order chi connectivity index (χ1) is 30.7. The van der Waals surface area contributed by atoms with Crippen molar-refractivity contribution in [3.63, 3.8) is 0 Å². The third-order valence-electron chi connectivity index (χ3n) is 13.1. The first-order valence-corrected chi connectivity index (χ1v) is 21.4. The van der Waals surface area contributed by atoms with Crippen molar-refractivity contribution in [3.05, 3.63) is 224 Å². The molecule has 1 aliphatic heterocycles. The minimum atomic E-state index is 0.203. The van der Waals surface area contributed by atoms with E-state index in [0.717, 1.165) is 38.8 Å². The number of benzene rings is 9. The molecule has 1 aliphatic carbocycles. The zero-order chi connectivity index (χ0) is 40.7. The number of fused-ring (bicyclic) bond motifs is 10. The SMILES string of the molecule is C1=CC2[C@@H](C=C1)c1cc(-c3ccc4c5ccccc5n(-c5nc(-c6ccc7ccc(-c8ccccc8)cc7c6)c6ccccc6n5)c4c3)c3ccccc3c1N2c1ccccc1. The Morgan fingerprint density at radius 2 is 1.08 bits per heavy atom. The van der Waals surface area contributed by atoms with Gasteiger partial charge in [-0.15, -0.1) is 0 Å². The van der Waals surface area contributed by atoms with Crippen LogP contribution in [0.3, 0.4) is 0 Å². The summed E-state index contributed by atoms with van der Waals surface area (Å²) in [6.07, 6.45) is 9.13. The molecular formula is C58H38N4. The predicted molar refractivity (Wildman–Crippen MR) is 259 cm³/mol. The van der Waals surface area contributed by atoms with Crippen LogP contribution in [0.5, 0.6) is 0 Å². The van der Waals surface area contributed by atoms with Gasteiger partial charge in [-0.25, -0.2) is 9.97 Å². The summed E-state index contributed by atoms with van der Waals surface area (Å²) in [6, 6.07) is 70.4. The molecule has 3 heterocycles. The average Bonchev–Trinajstić information content (AvgIpc) is 3.86. The van der Waals surface area contributed by atoms with E-state index in [1.54, 1.807) is 0 Å². The molecule has 11 aromatic rings. The zero-order valence-electron chi connectivity index (χ0n) is 33.7. The number of aromatic nitrogens is 3. The summed E-state index contributed by atoms with van der Waals surface area (Å²) in [5, 5.41) is 8.23. The average molecular weight is 791 g/mol. The van der Waals surface area contributed by atoms with E-state index in [0.29, 0.717) is 5.95 Å². The van der Waals surface area contributed by atoms with Gasteiger partial charge in [0.2, 0.25) is 5.95 Å². The van der Waals surface area contributed by atoms with Gasteiger partial charge in [0.25, 0.3) is 0 Å². The fourth-order valence-corrected chi connectivity index (χ4v) is 10.3. The Labute approximate surface area is 359 Å². The second-order valence-electron chi connectivity index (χ2n) is 16.5. The van der Waals surface area contributed by atoms with Gasteiger partial charge in [-0.3, -0.25) is 4.57 Å². The maximum atomic E-state index is 5.52. The molecule has 0 spiro atoms. The summed E-state index contributed by atoms with van der Waals surface area (Å²) in [5.74, 6) is 0.887. The lowest BCUT2D eigenvalue weighted by molar-refractivity contribution is 0.745. The summed E-state index contributed by atoms with van der Waals surface area (Å²) in [7, 11) is 0. The topological polar surface area (TPSA) is 34.0 Å². The second-order valence-corrected chi connectivity index (χ2v) is 16.5. The highest BCUT2D eigenvalue weighted by Gasteiger charge is 2.39. The molecule has 4 nitrogen and oxygen atoms in total.